The van der Waals surface area contributed by atoms with Crippen LogP contribution in [0.25, 0.3) is 0 Å². The van der Waals surface area contributed by atoms with E-state index in [1.54, 1.807) is 12.1 Å². The van der Waals surface area contributed by atoms with Crippen LogP contribution in [0.4, 0.5) is 5.69 Å². The molecule has 0 aliphatic carbocycles. The molecule has 0 saturated carbocycles. The van der Waals surface area contributed by atoms with E-state index in [-0.39, 0.29) is 30.3 Å². The number of hydrogen-bond donors (Lipinski definition) is 3. The fourth-order valence-corrected chi connectivity index (χ4v) is 2.35. The SMILES string of the molecule is CCC(CC)(CCO)CNC(=O)Cc1ccc(N)cc1.Cl. The maximum absolute atomic E-state index is 12.0. The molecule has 0 saturated heterocycles. The van der Waals surface area contributed by atoms with Crippen molar-refractivity contribution in [1.29, 1.82) is 0 Å². The van der Waals surface area contributed by atoms with E-state index >= 15 is 0 Å². The third-order valence-corrected chi connectivity index (χ3v) is 4.15. The van der Waals surface area contributed by atoms with Crippen LogP contribution in [0.5, 0.6) is 0 Å². The number of nitrogens with one attached hydrogen (secondary N) is 1. The second-order valence-electron chi connectivity index (χ2n) is 5.38. The number of halogens is 1. The van der Waals surface area contributed by atoms with Crippen molar-refractivity contribution in [3.8, 4) is 0 Å². The fourth-order valence-electron chi connectivity index (χ4n) is 2.35. The highest BCUT2D eigenvalue weighted by Crippen LogP contribution is 2.29. The van der Waals surface area contributed by atoms with Crippen LogP contribution in [-0.4, -0.2) is 24.2 Å². The lowest BCUT2D eigenvalue weighted by Crippen LogP contribution is -2.38. The van der Waals surface area contributed by atoms with Crippen LogP contribution in [0.15, 0.2) is 24.3 Å². The van der Waals surface area contributed by atoms with Gasteiger partial charge in [-0.05, 0) is 42.4 Å². The Balaban J connectivity index is 0.00000400. The molecule has 0 radical (unpaired) electrons. The first-order chi connectivity index (χ1) is 9.55. The molecule has 0 aliphatic heterocycles. The Morgan fingerprint density at radius 3 is 2.29 bits per heavy atom. The molecule has 4 nitrogen and oxygen atoms in total. The Kier molecular flexibility index (Phi) is 9.06. The number of aliphatic hydroxyl groups is 1. The van der Waals surface area contributed by atoms with Gasteiger partial charge in [-0.2, -0.15) is 0 Å². The van der Waals surface area contributed by atoms with Crippen LogP contribution in [0, 0.1) is 5.41 Å². The summed E-state index contributed by atoms with van der Waals surface area (Å²) in [4.78, 5) is 12.0. The topological polar surface area (TPSA) is 75.3 Å². The Hall–Kier alpha value is -1.26. The predicted octanol–water partition coefficient (Wildman–Crippen LogP) is 2.54. The molecule has 0 aliphatic rings. The van der Waals surface area contributed by atoms with E-state index in [9.17, 15) is 4.79 Å². The van der Waals surface area contributed by atoms with Gasteiger partial charge in [0.1, 0.15) is 0 Å². The van der Waals surface area contributed by atoms with E-state index in [0.29, 0.717) is 18.7 Å². The molecule has 0 bridgehead atoms. The van der Waals surface area contributed by atoms with Crippen LogP contribution in [0.3, 0.4) is 0 Å². The lowest BCUT2D eigenvalue weighted by atomic mass is 9.79. The zero-order valence-electron chi connectivity index (χ0n) is 12.9. The number of carbonyl (C=O) groups excluding carboxylic acids is 1. The summed E-state index contributed by atoms with van der Waals surface area (Å²) in [6.45, 7) is 4.99. The van der Waals surface area contributed by atoms with Crippen LogP contribution >= 0.6 is 12.4 Å². The molecule has 1 rings (SSSR count). The average molecular weight is 315 g/mol. The summed E-state index contributed by atoms with van der Waals surface area (Å²) in [7, 11) is 0. The van der Waals surface area contributed by atoms with E-state index in [1.807, 2.05) is 12.1 Å². The molecular formula is C16H27ClN2O2. The molecule has 21 heavy (non-hydrogen) atoms. The molecule has 5 heteroatoms. The van der Waals surface area contributed by atoms with Crippen molar-refractivity contribution in [3.63, 3.8) is 0 Å². The molecule has 0 heterocycles. The van der Waals surface area contributed by atoms with Crippen molar-refractivity contribution in [2.45, 2.75) is 39.5 Å². The summed E-state index contributed by atoms with van der Waals surface area (Å²) in [6.07, 6.45) is 2.99. The molecule has 0 spiro atoms. The number of nitrogens with two attached hydrogens (primary N) is 1. The summed E-state index contributed by atoms with van der Waals surface area (Å²) >= 11 is 0. The smallest absolute Gasteiger partial charge is 0.224 e. The van der Waals surface area contributed by atoms with E-state index < -0.39 is 0 Å². The predicted molar refractivity (Wildman–Crippen MR) is 89.5 cm³/mol. The number of carbonyl (C=O) groups is 1. The van der Waals surface area contributed by atoms with Crippen LogP contribution in [-0.2, 0) is 11.2 Å². The second-order valence-corrected chi connectivity index (χ2v) is 5.38. The van der Waals surface area contributed by atoms with E-state index in [4.69, 9.17) is 10.8 Å². The number of amides is 1. The lowest BCUT2D eigenvalue weighted by molar-refractivity contribution is -0.121. The Morgan fingerprint density at radius 2 is 1.81 bits per heavy atom. The highest BCUT2D eigenvalue weighted by molar-refractivity contribution is 5.85. The molecule has 0 fully saturated rings. The van der Waals surface area contributed by atoms with Crippen molar-refractivity contribution in [3.05, 3.63) is 29.8 Å². The fraction of sp³-hybridized carbons (Fsp3) is 0.562. The number of anilines is 1. The molecular weight excluding hydrogens is 288 g/mol. The van der Waals surface area contributed by atoms with Gasteiger partial charge in [0.2, 0.25) is 5.91 Å². The number of aliphatic hydroxyl groups excluding tert-OH is 1. The van der Waals surface area contributed by atoms with Crippen LogP contribution in [0.1, 0.15) is 38.7 Å². The molecule has 4 N–H and O–H groups in total. The van der Waals surface area contributed by atoms with Crippen LogP contribution < -0.4 is 11.1 Å². The van der Waals surface area contributed by atoms with Crippen LogP contribution in [0.2, 0.25) is 0 Å². The maximum atomic E-state index is 12.0. The van der Waals surface area contributed by atoms with Gasteiger partial charge in [-0.3, -0.25) is 4.79 Å². The zero-order valence-corrected chi connectivity index (χ0v) is 13.7. The van der Waals surface area contributed by atoms with Gasteiger partial charge in [0, 0.05) is 18.8 Å². The highest BCUT2D eigenvalue weighted by atomic mass is 35.5. The number of rotatable bonds is 8. The minimum Gasteiger partial charge on any atom is -0.399 e. The normalized spacial score (nSPS) is 10.8. The molecule has 0 atom stereocenters. The average Bonchev–Trinajstić information content (AvgIpc) is 2.46. The second kappa shape index (κ2) is 9.64. The van der Waals surface area contributed by atoms with Gasteiger partial charge < -0.3 is 16.2 Å². The molecule has 120 valence electrons. The third kappa shape index (κ3) is 6.36. The standard InChI is InChI=1S/C16H26N2O2.ClH/c1-3-16(4-2,9-10-19)12-18-15(20)11-13-5-7-14(17)8-6-13;/h5-8,19H,3-4,9-12,17H2,1-2H3,(H,18,20);1H. The first kappa shape index (κ1) is 19.7. The summed E-state index contributed by atoms with van der Waals surface area (Å²) in [5.41, 5.74) is 7.28. The number of benzene rings is 1. The lowest BCUT2D eigenvalue weighted by Gasteiger charge is -2.31. The van der Waals surface area contributed by atoms with Crippen molar-refractivity contribution < 1.29 is 9.90 Å². The van der Waals surface area contributed by atoms with Gasteiger partial charge in [-0.15, -0.1) is 12.4 Å². The van der Waals surface area contributed by atoms with E-state index in [1.165, 1.54) is 0 Å². The molecule has 1 amide bonds. The molecule has 1 aromatic carbocycles. The summed E-state index contributed by atoms with van der Waals surface area (Å²) in [5, 5.41) is 12.2. The van der Waals surface area contributed by atoms with Gasteiger partial charge in [0.15, 0.2) is 0 Å². The van der Waals surface area contributed by atoms with E-state index in [0.717, 1.165) is 24.8 Å². The first-order valence-corrected chi connectivity index (χ1v) is 7.27. The van der Waals surface area contributed by atoms with Gasteiger partial charge in [-0.25, -0.2) is 0 Å². The van der Waals surface area contributed by atoms with Gasteiger partial charge >= 0.3 is 0 Å². The third-order valence-electron chi connectivity index (χ3n) is 4.15. The summed E-state index contributed by atoms with van der Waals surface area (Å²) in [6, 6.07) is 7.35. The summed E-state index contributed by atoms with van der Waals surface area (Å²) in [5.74, 6) is 0.0130. The molecule has 0 unspecified atom stereocenters. The quantitative estimate of drug-likeness (QED) is 0.645. The Bertz CT molecular complexity index is 417. The Morgan fingerprint density at radius 1 is 1.24 bits per heavy atom. The highest BCUT2D eigenvalue weighted by Gasteiger charge is 2.25. The summed E-state index contributed by atoms with van der Waals surface area (Å²) < 4.78 is 0. The zero-order chi connectivity index (χ0) is 15.0. The van der Waals surface area contributed by atoms with Crippen molar-refractivity contribution >= 4 is 24.0 Å². The number of nitrogen functional groups attached to an aromatic ring is 1. The van der Waals surface area contributed by atoms with Crippen molar-refractivity contribution in [2.75, 3.05) is 18.9 Å². The maximum Gasteiger partial charge on any atom is 0.224 e. The first-order valence-electron chi connectivity index (χ1n) is 7.27. The van der Waals surface area contributed by atoms with Crippen molar-refractivity contribution in [1.82, 2.24) is 5.32 Å². The molecule has 1 aromatic rings. The van der Waals surface area contributed by atoms with Gasteiger partial charge in [-0.1, -0.05) is 26.0 Å². The largest absolute Gasteiger partial charge is 0.399 e. The minimum atomic E-state index is 0. The van der Waals surface area contributed by atoms with Gasteiger partial charge in [0.25, 0.3) is 0 Å². The Labute approximate surface area is 133 Å². The van der Waals surface area contributed by atoms with E-state index in [2.05, 4.69) is 19.2 Å². The number of hydrogen-bond acceptors (Lipinski definition) is 3. The minimum absolute atomic E-state index is 0. The van der Waals surface area contributed by atoms with Crippen molar-refractivity contribution in [2.24, 2.45) is 5.41 Å². The molecule has 0 aromatic heterocycles. The van der Waals surface area contributed by atoms with Gasteiger partial charge in [0.05, 0.1) is 6.42 Å². The monoisotopic (exact) mass is 314 g/mol.